The van der Waals surface area contributed by atoms with Crippen LogP contribution in [0.15, 0.2) is 18.2 Å². The van der Waals surface area contributed by atoms with Gasteiger partial charge in [0.15, 0.2) is 6.61 Å². The summed E-state index contributed by atoms with van der Waals surface area (Å²) in [6.07, 6.45) is 4.05. The van der Waals surface area contributed by atoms with Gasteiger partial charge in [0.25, 0.3) is 23.6 Å². The van der Waals surface area contributed by atoms with Gasteiger partial charge in [-0.05, 0) is 49.4 Å². The largest absolute Gasteiger partial charge is 0.452 e. The normalized spacial score (nSPS) is 14.3. The summed E-state index contributed by atoms with van der Waals surface area (Å²) in [6.45, 7) is 1.71. The zero-order valence-corrected chi connectivity index (χ0v) is 18.9. The third-order valence-electron chi connectivity index (χ3n) is 5.70. The van der Waals surface area contributed by atoms with Crippen LogP contribution in [0.2, 0.25) is 0 Å². The molecule has 172 valence electrons. The fraction of sp³-hybridized carbons (Fsp3) is 0.348. The number of nitrogens with zero attached hydrogens (tertiary/aromatic N) is 1. The van der Waals surface area contributed by atoms with Crippen LogP contribution in [-0.2, 0) is 22.4 Å². The molecule has 1 aromatic heterocycles. The molecular formula is C23H23N3O6S. The van der Waals surface area contributed by atoms with E-state index in [-0.39, 0.29) is 22.6 Å². The molecule has 1 aliphatic carbocycles. The Morgan fingerprint density at radius 3 is 2.64 bits per heavy atom. The number of carbonyl (C=O) groups excluding carboxylic acids is 5. The second kappa shape index (κ2) is 9.14. The molecule has 4 amide bonds. The standard InChI is InChI=1S/C23H23N3O6S/c1-2-3-9-26-21(29)13-8-7-12(10-15(13)22(26)30)23(31)32-11-17(27)25-20-18(19(24)28)14-5-4-6-16(14)33-20/h7-8,10H,2-6,9,11H2,1H3,(H2,24,28)(H,25,27). The lowest BCUT2D eigenvalue weighted by Crippen LogP contribution is -2.30. The number of thiophene rings is 1. The van der Waals surface area contributed by atoms with Crippen molar-refractivity contribution >= 4 is 45.9 Å². The Labute approximate surface area is 193 Å². The monoisotopic (exact) mass is 469 g/mol. The lowest BCUT2D eigenvalue weighted by molar-refractivity contribution is -0.119. The molecule has 2 heterocycles. The highest BCUT2D eigenvalue weighted by Gasteiger charge is 2.35. The van der Waals surface area contributed by atoms with E-state index in [9.17, 15) is 24.0 Å². The van der Waals surface area contributed by atoms with Crippen LogP contribution in [0, 0.1) is 0 Å². The Morgan fingerprint density at radius 1 is 1.15 bits per heavy atom. The minimum absolute atomic E-state index is 0.0629. The smallest absolute Gasteiger partial charge is 0.338 e. The van der Waals surface area contributed by atoms with Crippen molar-refractivity contribution in [2.75, 3.05) is 18.5 Å². The summed E-state index contributed by atoms with van der Waals surface area (Å²) < 4.78 is 5.08. The van der Waals surface area contributed by atoms with Crippen LogP contribution in [0.25, 0.3) is 0 Å². The molecule has 9 nitrogen and oxygen atoms in total. The predicted octanol–water partition coefficient (Wildman–Crippen LogP) is 2.53. The van der Waals surface area contributed by atoms with Crippen molar-refractivity contribution in [3.8, 4) is 0 Å². The molecule has 0 fully saturated rings. The van der Waals surface area contributed by atoms with Gasteiger partial charge < -0.3 is 15.8 Å². The third kappa shape index (κ3) is 4.25. The Hall–Kier alpha value is -3.53. The molecule has 10 heteroatoms. The van der Waals surface area contributed by atoms with E-state index in [2.05, 4.69) is 5.32 Å². The molecule has 3 N–H and O–H groups in total. The fourth-order valence-electron chi connectivity index (χ4n) is 4.07. The van der Waals surface area contributed by atoms with Crippen molar-refractivity contribution in [1.82, 2.24) is 4.90 Å². The van der Waals surface area contributed by atoms with Crippen LogP contribution in [-0.4, -0.2) is 47.6 Å². The number of carbonyl (C=O) groups is 5. The van der Waals surface area contributed by atoms with E-state index in [4.69, 9.17) is 10.5 Å². The summed E-state index contributed by atoms with van der Waals surface area (Å²) in [6, 6.07) is 4.13. The van der Waals surface area contributed by atoms with Gasteiger partial charge in [-0.1, -0.05) is 13.3 Å². The van der Waals surface area contributed by atoms with E-state index < -0.39 is 30.3 Å². The maximum atomic E-state index is 12.6. The van der Waals surface area contributed by atoms with Gasteiger partial charge in [-0.2, -0.15) is 0 Å². The van der Waals surface area contributed by atoms with Gasteiger partial charge in [-0.15, -0.1) is 11.3 Å². The zero-order chi connectivity index (χ0) is 23.7. The summed E-state index contributed by atoms with van der Waals surface area (Å²) in [4.78, 5) is 63.8. The molecule has 1 aromatic carbocycles. The van der Waals surface area contributed by atoms with E-state index in [1.54, 1.807) is 0 Å². The number of esters is 1. The Balaban J connectivity index is 1.40. The van der Waals surface area contributed by atoms with E-state index >= 15 is 0 Å². The number of fused-ring (bicyclic) bond motifs is 2. The first kappa shape index (κ1) is 22.7. The number of rotatable bonds is 8. The molecule has 0 saturated heterocycles. The lowest BCUT2D eigenvalue weighted by atomic mass is 10.1. The number of nitrogens with two attached hydrogens (primary N) is 1. The molecule has 0 saturated carbocycles. The van der Waals surface area contributed by atoms with Crippen molar-refractivity contribution < 1.29 is 28.7 Å². The Kier molecular flexibility index (Phi) is 6.28. The number of imide groups is 1. The molecule has 0 radical (unpaired) electrons. The van der Waals surface area contributed by atoms with Gasteiger partial charge in [-0.25, -0.2) is 4.79 Å². The van der Waals surface area contributed by atoms with E-state index in [0.717, 1.165) is 36.1 Å². The van der Waals surface area contributed by atoms with E-state index in [0.29, 0.717) is 23.5 Å². The van der Waals surface area contributed by atoms with Gasteiger partial charge in [0.05, 0.1) is 22.3 Å². The average Bonchev–Trinajstić information content (AvgIpc) is 3.43. The highest BCUT2D eigenvalue weighted by atomic mass is 32.1. The quantitative estimate of drug-likeness (QED) is 0.450. The Morgan fingerprint density at radius 2 is 1.91 bits per heavy atom. The van der Waals surface area contributed by atoms with Crippen molar-refractivity contribution in [3.63, 3.8) is 0 Å². The first-order valence-electron chi connectivity index (χ1n) is 10.7. The second-order valence-electron chi connectivity index (χ2n) is 7.93. The molecule has 0 bridgehead atoms. The first-order chi connectivity index (χ1) is 15.8. The summed E-state index contributed by atoms with van der Waals surface area (Å²) in [5.41, 5.74) is 7.14. The number of ether oxygens (including phenoxy) is 1. The second-order valence-corrected chi connectivity index (χ2v) is 9.03. The molecule has 2 aromatic rings. The minimum Gasteiger partial charge on any atom is -0.452 e. The number of primary amides is 1. The van der Waals surface area contributed by atoms with Crippen molar-refractivity contribution in [2.45, 2.75) is 39.0 Å². The maximum absolute atomic E-state index is 12.6. The van der Waals surface area contributed by atoms with E-state index in [1.807, 2.05) is 6.92 Å². The number of benzene rings is 1. The lowest BCUT2D eigenvalue weighted by Gasteiger charge is -2.12. The molecule has 0 spiro atoms. The molecule has 0 unspecified atom stereocenters. The zero-order valence-electron chi connectivity index (χ0n) is 18.1. The number of nitrogens with one attached hydrogen (secondary N) is 1. The SMILES string of the molecule is CCCCN1C(=O)c2ccc(C(=O)OCC(=O)Nc3sc4c(c3C(N)=O)CCC4)cc2C1=O. The van der Waals surface area contributed by atoms with Crippen LogP contribution in [0.1, 0.15) is 78.1 Å². The maximum Gasteiger partial charge on any atom is 0.338 e. The van der Waals surface area contributed by atoms with E-state index in [1.165, 1.54) is 34.4 Å². The average molecular weight is 470 g/mol. The van der Waals surface area contributed by atoms with Crippen LogP contribution >= 0.6 is 11.3 Å². The number of unbranched alkanes of at least 4 members (excludes halogenated alkanes) is 1. The fourth-order valence-corrected chi connectivity index (χ4v) is 5.38. The molecule has 0 atom stereocenters. The molecular weight excluding hydrogens is 446 g/mol. The molecule has 2 aliphatic rings. The van der Waals surface area contributed by atoms with Crippen LogP contribution in [0.4, 0.5) is 5.00 Å². The molecule has 4 rings (SSSR count). The van der Waals surface area contributed by atoms with Crippen LogP contribution < -0.4 is 11.1 Å². The predicted molar refractivity (Wildman–Crippen MR) is 120 cm³/mol. The minimum atomic E-state index is -0.802. The summed E-state index contributed by atoms with van der Waals surface area (Å²) in [5.74, 6) is -2.84. The van der Waals surface area contributed by atoms with Gasteiger partial charge in [-0.3, -0.25) is 24.1 Å². The van der Waals surface area contributed by atoms with Crippen LogP contribution in [0.3, 0.4) is 0 Å². The van der Waals surface area contributed by atoms with Gasteiger partial charge >= 0.3 is 5.97 Å². The van der Waals surface area contributed by atoms with Crippen molar-refractivity contribution in [3.05, 3.63) is 50.9 Å². The number of aryl methyl sites for hydroxylation is 1. The number of hydrogen-bond donors (Lipinski definition) is 2. The number of hydrogen-bond acceptors (Lipinski definition) is 7. The van der Waals surface area contributed by atoms with Crippen LogP contribution in [0.5, 0.6) is 0 Å². The van der Waals surface area contributed by atoms with Gasteiger partial charge in [0.1, 0.15) is 5.00 Å². The third-order valence-corrected chi connectivity index (χ3v) is 6.90. The summed E-state index contributed by atoms with van der Waals surface area (Å²) in [7, 11) is 0. The van der Waals surface area contributed by atoms with Gasteiger partial charge in [0, 0.05) is 11.4 Å². The summed E-state index contributed by atoms with van der Waals surface area (Å²) in [5, 5.41) is 2.97. The Bertz CT molecular complexity index is 1190. The molecule has 33 heavy (non-hydrogen) atoms. The number of amides is 4. The summed E-state index contributed by atoms with van der Waals surface area (Å²) >= 11 is 1.31. The highest BCUT2D eigenvalue weighted by molar-refractivity contribution is 7.17. The van der Waals surface area contributed by atoms with Gasteiger partial charge in [0.2, 0.25) is 0 Å². The first-order valence-corrected chi connectivity index (χ1v) is 11.5. The van der Waals surface area contributed by atoms with Crippen molar-refractivity contribution in [1.29, 1.82) is 0 Å². The number of anilines is 1. The topological polar surface area (TPSA) is 136 Å². The highest BCUT2D eigenvalue weighted by Crippen LogP contribution is 2.38. The van der Waals surface area contributed by atoms with Crippen molar-refractivity contribution in [2.24, 2.45) is 5.73 Å². The molecule has 1 aliphatic heterocycles.